The third-order valence-electron chi connectivity index (χ3n) is 2.94. The van der Waals surface area contributed by atoms with Crippen LogP contribution in [0.5, 0.6) is 0 Å². The van der Waals surface area contributed by atoms with E-state index in [1.807, 2.05) is 13.8 Å². The molecule has 1 aliphatic heterocycles. The molecular weight excluding hydrogens is 188 g/mol. The molecule has 1 rings (SSSR count). The highest BCUT2D eigenvalue weighted by atomic mass is 35.5. The topological polar surface area (TPSA) is 26.3 Å². The van der Waals surface area contributed by atoms with Gasteiger partial charge in [0.2, 0.25) is 0 Å². The Bertz CT molecular complexity index is 235. The van der Waals surface area contributed by atoms with Crippen molar-refractivity contribution in [2.24, 2.45) is 5.41 Å². The summed E-state index contributed by atoms with van der Waals surface area (Å²) in [6.07, 6.45) is 2.20. The molecule has 0 radical (unpaired) electrons. The Balaban J connectivity index is 2.91. The summed E-state index contributed by atoms with van der Waals surface area (Å²) < 4.78 is 5.52. The fourth-order valence-electron chi connectivity index (χ4n) is 1.82. The number of halogens is 1. The first kappa shape index (κ1) is 10.7. The molecule has 1 saturated heterocycles. The van der Waals surface area contributed by atoms with Gasteiger partial charge in [0.05, 0.1) is 11.0 Å². The second-order valence-electron chi connectivity index (χ2n) is 4.08. The molecule has 0 bridgehead atoms. The molecule has 1 unspecified atom stereocenters. The van der Waals surface area contributed by atoms with Gasteiger partial charge in [-0.3, -0.25) is 0 Å². The number of ether oxygens (including phenoxy) is 1. The molecule has 1 fully saturated rings. The van der Waals surface area contributed by atoms with Gasteiger partial charge >= 0.3 is 0 Å². The van der Waals surface area contributed by atoms with Crippen molar-refractivity contribution in [1.82, 2.24) is 0 Å². The number of carbonyl (C=O) groups excluding carboxylic acids is 1. The Morgan fingerprint density at radius 1 is 1.69 bits per heavy atom. The molecular formula is C10H15ClO2. The Labute approximate surface area is 83.9 Å². The molecule has 0 amide bonds. The van der Waals surface area contributed by atoms with Crippen molar-refractivity contribution < 1.29 is 9.53 Å². The molecule has 1 aliphatic rings. The average Bonchev–Trinajstić information content (AvgIpc) is 2.27. The van der Waals surface area contributed by atoms with Crippen molar-refractivity contribution in [2.75, 3.05) is 6.61 Å². The van der Waals surface area contributed by atoms with Crippen LogP contribution in [0.3, 0.4) is 0 Å². The van der Waals surface area contributed by atoms with Crippen LogP contribution in [0.4, 0.5) is 0 Å². The summed E-state index contributed by atoms with van der Waals surface area (Å²) in [5.74, 6) is 0. The van der Waals surface area contributed by atoms with Gasteiger partial charge in [-0.05, 0) is 26.7 Å². The number of allylic oxidation sites excluding steroid dienone is 1. The van der Waals surface area contributed by atoms with Crippen molar-refractivity contribution in [3.63, 3.8) is 0 Å². The number of hydrogen-bond acceptors (Lipinski definition) is 2. The minimum atomic E-state index is -0.480. The smallest absolute Gasteiger partial charge is 0.129 e. The second kappa shape index (κ2) is 3.43. The largest absolute Gasteiger partial charge is 0.374 e. The van der Waals surface area contributed by atoms with Crippen LogP contribution in [0, 0.1) is 5.41 Å². The van der Waals surface area contributed by atoms with Crippen molar-refractivity contribution in [3.8, 4) is 0 Å². The first-order chi connectivity index (χ1) is 5.93. The Kier molecular flexibility index (Phi) is 2.83. The molecule has 1 heterocycles. The first-order valence-corrected chi connectivity index (χ1v) is 4.75. The first-order valence-electron chi connectivity index (χ1n) is 4.37. The van der Waals surface area contributed by atoms with Gasteiger partial charge in [-0.25, -0.2) is 0 Å². The number of rotatable bonds is 3. The lowest BCUT2D eigenvalue weighted by Gasteiger charge is -2.34. The molecule has 0 aromatic heterocycles. The van der Waals surface area contributed by atoms with E-state index in [1.54, 1.807) is 0 Å². The van der Waals surface area contributed by atoms with E-state index in [2.05, 4.69) is 6.58 Å². The fraction of sp³-hybridized carbons (Fsp3) is 0.700. The molecule has 2 nitrogen and oxygen atoms in total. The maximum absolute atomic E-state index is 11.1. The summed E-state index contributed by atoms with van der Waals surface area (Å²) in [5.41, 5.74) is -0.904. The predicted molar refractivity (Wildman–Crippen MR) is 52.8 cm³/mol. The molecule has 13 heavy (non-hydrogen) atoms. The molecule has 0 N–H and O–H groups in total. The van der Waals surface area contributed by atoms with Gasteiger partial charge in [-0.2, -0.15) is 0 Å². The van der Waals surface area contributed by atoms with Crippen LogP contribution in [-0.4, -0.2) is 18.5 Å². The Morgan fingerprint density at radius 2 is 2.31 bits per heavy atom. The maximum atomic E-state index is 11.1. The van der Waals surface area contributed by atoms with Gasteiger partial charge in [0.25, 0.3) is 0 Å². The third kappa shape index (κ3) is 1.79. The molecule has 3 heteroatoms. The lowest BCUT2D eigenvalue weighted by molar-refractivity contribution is -0.124. The van der Waals surface area contributed by atoms with E-state index in [9.17, 15) is 4.79 Å². The van der Waals surface area contributed by atoms with Gasteiger partial charge in [0.15, 0.2) is 0 Å². The highest BCUT2D eigenvalue weighted by molar-refractivity contribution is 6.29. The lowest BCUT2D eigenvalue weighted by atomic mass is 9.72. The van der Waals surface area contributed by atoms with Gasteiger partial charge in [-0.15, -0.1) is 0 Å². The van der Waals surface area contributed by atoms with Crippen LogP contribution in [0.25, 0.3) is 0 Å². The number of hydrogen-bond donors (Lipinski definition) is 0. The molecule has 0 aromatic carbocycles. The van der Waals surface area contributed by atoms with Crippen molar-refractivity contribution in [3.05, 3.63) is 11.6 Å². The summed E-state index contributed by atoms with van der Waals surface area (Å²) >= 11 is 5.74. The van der Waals surface area contributed by atoms with Gasteiger partial charge in [0.1, 0.15) is 6.29 Å². The van der Waals surface area contributed by atoms with E-state index in [4.69, 9.17) is 16.3 Å². The van der Waals surface area contributed by atoms with Crippen LogP contribution < -0.4 is 0 Å². The van der Waals surface area contributed by atoms with E-state index >= 15 is 0 Å². The summed E-state index contributed by atoms with van der Waals surface area (Å²) in [5, 5.41) is 0.519. The maximum Gasteiger partial charge on any atom is 0.129 e. The molecule has 0 saturated carbocycles. The normalized spacial score (nSPS) is 31.6. The zero-order chi connectivity index (χ0) is 10.1. The minimum absolute atomic E-state index is 0.424. The predicted octanol–water partition coefficient (Wildman–Crippen LogP) is 2.51. The SMILES string of the molecule is C=C(Cl)CC1(C=O)CCOC1(C)C. The van der Waals surface area contributed by atoms with Crippen LogP contribution in [0.1, 0.15) is 26.7 Å². The van der Waals surface area contributed by atoms with Crippen LogP contribution in [0.2, 0.25) is 0 Å². The highest BCUT2D eigenvalue weighted by Gasteiger charge is 2.50. The van der Waals surface area contributed by atoms with Gasteiger partial charge in [0, 0.05) is 11.6 Å². The van der Waals surface area contributed by atoms with E-state index in [-0.39, 0.29) is 0 Å². The number of aldehydes is 1. The molecule has 0 aromatic rings. The minimum Gasteiger partial charge on any atom is -0.374 e. The molecule has 1 atom stereocenters. The highest BCUT2D eigenvalue weighted by Crippen LogP contribution is 2.46. The van der Waals surface area contributed by atoms with Crippen LogP contribution in [0.15, 0.2) is 11.6 Å². The van der Waals surface area contributed by atoms with Gasteiger partial charge in [-0.1, -0.05) is 18.2 Å². The standard InChI is InChI=1S/C10H15ClO2/c1-8(11)6-10(7-12)4-5-13-9(10,2)3/h7H,1,4-6H2,2-3H3. The van der Waals surface area contributed by atoms with Crippen LogP contribution >= 0.6 is 11.6 Å². The summed E-state index contributed by atoms with van der Waals surface area (Å²) in [6, 6.07) is 0. The zero-order valence-corrected chi connectivity index (χ0v) is 8.86. The quantitative estimate of drug-likeness (QED) is 0.658. The second-order valence-corrected chi connectivity index (χ2v) is 4.61. The van der Waals surface area contributed by atoms with Crippen molar-refractivity contribution in [1.29, 1.82) is 0 Å². The lowest BCUT2D eigenvalue weighted by Crippen LogP contribution is -2.41. The van der Waals surface area contributed by atoms with E-state index in [1.165, 1.54) is 0 Å². The molecule has 74 valence electrons. The van der Waals surface area contributed by atoms with Crippen LogP contribution in [-0.2, 0) is 9.53 Å². The summed E-state index contributed by atoms with van der Waals surface area (Å²) in [6.45, 7) is 8.10. The molecule has 0 spiro atoms. The van der Waals surface area contributed by atoms with Crippen molar-refractivity contribution in [2.45, 2.75) is 32.3 Å². The molecule has 0 aliphatic carbocycles. The number of carbonyl (C=O) groups is 1. The van der Waals surface area contributed by atoms with Crippen molar-refractivity contribution >= 4 is 17.9 Å². The summed E-state index contributed by atoms with van der Waals surface area (Å²) in [4.78, 5) is 11.1. The van der Waals surface area contributed by atoms with E-state index in [0.717, 1.165) is 12.7 Å². The Morgan fingerprint density at radius 3 is 2.62 bits per heavy atom. The third-order valence-corrected chi connectivity index (χ3v) is 3.08. The zero-order valence-electron chi connectivity index (χ0n) is 8.10. The average molecular weight is 203 g/mol. The summed E-state index contributed by atoms with van der Waals surface area (Å²) in [7, 11) is 0. The Hall–Kier alpha value is -0.340. The van der Waals surface area contributed by atoms with Gasteiger partial charge < -0.3 is 9.53 Å². The fourth-order valence-corrected chi connectivity index (χ4v) is 2.06. The van der Waals surface area contributed by atoms with E-state index in [0.29, 0.717) is 18.1 Å². The monoisotopic (exact) mass is 202 g/mol. The van der Waals surface area contributed by atoms with E-state index < -0.39 is 11.0 Å².